The molecule has 0 saturated carbocycles. The Hall–Kier alpha value is -1.59. The zero-order valence-corrected chi connectivity index (χ0v) is 8.90. The summed E-state index contributed by atoms with van der Waals surface area (Å²) in [5, 5.41) is 9.55. The van der Waals surface area contributed by atoms with Crippen molar-refractivity contribution in [1.82, 2.24) is 0 Å². The average Bonchev–Trinajstić information content (AvgIpc) is 2.26. The van der Waals surface area contributed by atoms with E-state index in [4.69, 9.17) is 0 Å². The summed E-state index contributed by atoms with van der Waals surface area (Å²) in [6.45, 7) is 3.13. The second-order valence-electron chi connectivity index (χ2n) is 3.48. The minimum absolute atomic E-state index is 0.0511. The summed E-state index contributed by atoms with van der Waals surface area (Å²) in [7, 11) is 0. The Morgan fingerprint density at radius 3 is 2.47 bits per heavy atom. The van der Waals surface area contributed by atoms with Crippen LogP contribution in [0.4, 0.5) is 0 Å². The second kappa shape index (κ2) is 5.33. The van der Waals surface area contributed by atoms with Crippen molar-refractivity contribution in [3.8, 4) is 11.8 Å². The molecule has 0 saturated heterocycles. The standard InChI is InChI=1S/C13H14O2/c1-10(11(2)14)13(15)9-8-12-6-4-3-5-7-12/h3-7,10,13,15H,1-2H3/t10-,13-/m0/s1. The van der Waals surface area contributed by atoms with Crippen LogP contribution in [-0.4, -0.2) is 17.0 Å². The van der Waals surface area contributed by atoms with Crippen LogP contribution in [-0.2, 0) is 4.79 Å². The Morgan fingerprint density at radius 1 is 1.33 bits per heavy atom. The van der Waals surface area contributed by atoms with Crippen LogP contribution in [0.15, 0.2) is 30.3 Å². The van der Waals surface area contributed by atoms with E-state index in [1.165, 1.54) is 6.92 Å². The van der Waals surface area contributed by atoms with Gasteiger partial charge in [-0.1, -0.05) is 37.0 Å². The van der Waals surface area contributed by atoms with E-state index in [1.54, 1.807) is 6.92 Å². The third-order valence-corrected chi connectivity index (χ3v) is 2.25. The predicted octanol–water partition coefficient (Wildman–Crippen LogP) is 1.62. The van der Waals surface area contributed by atoms with Crippen molar-refractivity contribution >= 4 is 5.78 Å². The van der Waals surface area contributed by atoms with Crippen LogP contribution in [0.5, 0.6) is 0 Å². The molecule has 1 rings (SSSR count). The van der Waals surface area contributed by atoms with E-state index in [0.29, 0.717) is 0 Å². The molecule has 0 radical (unpaired) electrons. The van der Waals surface area contributed by atoms with Crippen LogP contribution in [0, 0.1) is 17.8 Å². The summed E-state index contributed by atoms with van der Waals surface area (Å²) < 4.78 is 0. The second-order valence-corrected chi connectivity index (χ2v) is 3.48. The summed E-state index contributed by atoms with van der Waals surface area (Å²) in [4.78, 5) is 11.0. The van der Waals surface area contributed by atoms with E-state index in [-0.39, 0.29) is 5.78 Å². The van der Waals surface area contributed by atoms with E-state index in [2.05, 4.69) is 11.8 Å². The van der Waals surface area contributed by atoms with Crippen LogP contribution in [0.1, 0.15) is 19.4 Å². The number of carbonyl (C=O) groups excluding carboxylic acids is 1. The lowest BCUT2D eigenvalue weighted by atomic mass is 10.0. The Kier molecular flexibility index (Phi) is 4.08. The molecule has 0 spiro atoms. The van der Waals surface area contributed by atoms with Crippen molar-refractivity contribution in [2.45, 2.75) is 20.0 Å². The van der Waals surface area contributed by atoms with Crippen molar-refractivity contribution < 1.29 is 9.90 Å². The molecule has 0 aliphatic rings. The lowest BCUT2D eigenvalue weighted by molar-refractivity contribution is -0.122. The molecule has 2 heteroatoms. The average molecular weight is 202 g/mol. The number of hydrogen-bond donors (Lipinski definition) is 1. The summed E-state index contributed by atoms with van der Waals surface area (Å²) in [5.41, 5.74) is 0.840. The number of carbonyl (C=O) groups is 1. The molecule has 15 heavy (non-hydrogen) atoms. The van der Waals surface area contributed by atoms with Crippen molar-refractivity contribution in [1.29, 1.82) is 0 Å². The molecule has 0 bridgehead atoms. The number of Topliss-reactive ketones (excluding diaryl/α,β-unsaturated/α-hetero) is 1. The molecule has 0 fully saturated rings. The highest BCUT2D eigenvalue weighted by molar-refractivity contribution is 5.78. The van der Waals surface area contributed by atoms with E-state index in [0.717, 1.165) is 5.56 Å². The van der Waals surface area contributed by atoms with E-state index in [1.807, 2.05) is 30.3 Å². The SMILES string of the molecule is CC(=O)[C@H](C)[C@@H](O)C#Cc1ccccc1. The van der Waals surface area contributed by atoms with Gasteiger partial charge in [-0.3, -0.25) is 4.79 Å². The Morgan fingerprint density at radius 2 is 1.93 bits per heavy atom. The van der Waals surface area contributed by atoms with Gasteiger partial charge in [-0.25, -0.2) is 0 Å². The fourth-order valence-corrected chi connectivity index (χ4v) is 1.03. The van der Waals surface area contributed by atoms with Crippen molar-refractivity contribution in [2.75, 3.05) is 0 Å². The zero-order valence-electron chi connectivity index (χ0n) is 8.90. The number of benzene rings is 1. The fourth-order valence-electron chi connectivity index (χ4n) is 1.03. The normalized spacial score (nSPS) is 13.5. The van der Waals surface area contributed by atoms with Gasteiger partial charge in [-0.15, -0.1) is 0 Å². The highest BCUT2D eigenvalue weighted by Gasteiger charge is 2.15. The lowest BCUT2D eigenvalue weighted by Gasteiger charge is -2.08. The summed E-state index contributed by atoms with van der Waals surface area (Å²) >= 11 is 0. The van der Waals surface area contributed by atoms with E-state index < -0.39 is 12.0 Å². The van der Waals surface area contributed by atoms with E-state index in [9.17, 15) is 9.90 Å². The van der Waals surface area contributed by atoms with Crippen molar-refractivity contribution in [2.24, 2.45) is 5.92 Å². The highest BCUT2D eigenvalue weighted by atomic mass is 16.3. The largest absolute Gasteiger partial charge is 0.380 e. The maximum Gasteiger partial charge on any atom is 0.136 e. The first kappa shape index (κ1) is 11.5. The van der Waals surface area contributed by atoms with Crippen LogP contribution in [0.25, 0.3) is 0 Å². The number of hydrogen-bond acceptors (Lipinski definition) is 2. The van der Waals surface area contributed by atoms with Crippen LogP contribution >= 0.6 is 0 Å². The van der Waals surface area contributed by atoms with Crippen LogP contribution < -0.4 is 0 Å². The van der Waals surface area contributed by atoms with Crippen LogP contribution in [0.3, 0.4) is 0 Å². The third kappa shape index (κ3) is 3.57. The van der Waals surface area contributed by atoms with Gasteiger partial charge in [0.15, 0.2) is 0 Å². The predicted molar refractivity (Wildman–Crippen MR) is 59.2 cm³/mol. The van der Waals surface area contributed by atoms with Crippen LogP contribution in [0.2, 0.25) is 0 Å². The van der Waals surface area contributed by atoms with Gasteiger partial charge < -0.3 is 5.11 Å². The maximum absolute atomic E-state index is 11.0. The smallest absolute Gasteiger partial charge is 0.136 e. The van der Waals surface area contributed by atoms with Gasteiger partial charge >= 0.3 is 0 Å². The molecule has 1 N–H and O–H groups in total. The number of rotatable bonds is 2. The fraction of sp³-hybridized carbons (Fsp3) is 0.308. The molecule has 0 amide bonds. The number of aliphatic hydroxyl groups is 1. The molecule has 78 valence electrons. The molecule has 2 nitrogen and oxygen atoms in total. The Bertz CT molecular complexity index is 384. The minimum Gasteiger partial charge on any atom is -0.380 e. The number of aliphatic hydroxyl groups excluding tert-OH is 1. The maximum atomic E-state index is 11.0. The lowest BCUT2D eigenvalue weighted by Crippen LogP contribution is -2.21. The topological polar surface area (TPSA) is 37.3 Å². The molecular weight excluding hydrogens is 188 g/mol. The summed E-state index contributed by atoms with van der Waals surface area (Å²) in [6, 6.07) is 9.38. The Balaban J connectivity index is 2.70. The molecular formula is C13H14O2. The van der Waals surface area contributed by atoms with Crippen molar-refractivity contribution in [3.05, 3.63) is 35.9 Å². The van der Waals surface area contributed by atoms with Gasteiger partial charge in [-0.05, 0) is 19.1 Å². The van der Waals surface area contributed by atoms with Gasteiger partial charge in [-0.2, -0.15) is 0 Å². The third-order valence-electron chi connectivity index (χ3n) is 2.25. The first-order chi connectivity index (χ1) is 7.11. The van der Waals surface area contributed by atoms with Crippen molar-refractivity contribution in [3.63, 3.8) is 0 Å². The monoisotopic (exact) mass is 202 g/mol. The molecule has 1 aromatic rings. The first-order valence-corrected chi connectivity index (χ1v) is 4.86. The molecule has 2 atom stereocenters. The zero-order chi connectivity index (χ0) is 11.3. The van der Waals surface area contributed by atoms with Gasteiger partial charge in [0.05, 0.1) is 5.92 Å². The molecule has 0 heterocycles. The molecule has 0 aliphatic carbocycles. The minimum atomic E-state index is -0.886. The summed E-state index contributed by atoms with van der Waals surface area (Å²) in [5.74, 6) is 5.01. The summed E-state index contributed by atoms with van der Waals surface area (Å²) in [6.07, 6.45) is -0.886. The highest BCUT2D eigenvalue weighted by Crippen LogP contribution is 2.03. The molecule has 0 aromatic heterocycles. The molecule has 0 unspecified atom stereocenters. The van der Waals surface area contributed by atoms with Gasteiger partial charge in [0.1, 0.15) is 11.9 Å². The van der Waals surface area contributed by atoms with Gasteiger partial charge in [0.2, 0.25) is 0 Å². The molecule has 0 aliphatic heterocycles. The quantitative estimate of drug-likeness (QED) is 0.740. The number of ketones is 1. The molecule has 1 aromatic carbocycles. The van der Waals surface area contributed by atoms with E-state index >= 15 is 0 Å². The Labute approximate surface area is 89.9 Å². The van der Waals surface area contributed by atoms with Gasteiger partial charge in [0.25, 0.3) is 0 Å². The van der Waals surface area contributed by atoms with Gasteiger partial charge in [0, 0.05) is 5.56 Å². The first-order valence-electron chi connectivity index (χ1n) is 4.86.